The average molecular weight is 138 g/mol. The van der Waals surface area contributed by atoms with Gasteiger partial charge in [0.1, 0.15) is 0 Å². The zero-order valence-electron chi connectivity index (χ0n) is 5.34. The van der Waals surface area contributed by atoms with Crippen LogP contribution < -0.4 is 0 Å². The molecule has 1 rings (SSSR count). The Balaban J connectivity index is 2.50. The second-order valence-corrected chi connectivity index (χ2v) is 2.70. The summed E-state index contributed by atoms with van der Waals surface area (Å²) in [6.07, 6.45) is 11.6. The Bertz CT molecular complexity index is 138. The fourth-order valence-corrected chi connectivity index (χ4v) is 0.976. The van der Waals surface area contributed by atoms with Gasteiger partial charge >= 0.3 is 0 Å². The number of hydrogen-bond donors (Lipinski definition) is 0. The highest BCUT2D eigenvalue weighted by Gasteiger charge is 1.90. The van der Waals surface area contributed by atoms with Gasteiger partial charge in [0.05, 0.1) is 0 Å². The molecule has 48 valence electrons. The molecule has 0 amide bonds. The highest BCUT2D eigenvalue weighted by molar-refractivity contribution is 7.80. The van der Waals surface area contributed by atoms with Crippen LogP contribution in [0, 0.1) is 0 Å². The molecule has 0 bridgehead atoms. The number of rotatable bonds is 0. The van der Waals surface area contributed by atoms with Gasteiger partial charge in [-0.05, 0) is 19.3 Å². The van der Waals surface area contributed by atoms with Gasteiger partial charge in [-0.15, -0.1) is 0 Å². The molecule has 9 heavy (non-hydrogen) atoms. The quantitative estimate of drug-likeness (QED) is 0.366. The maximum Gasteiger partial charge on any atom is 0.000368 e. The van der Waals surface area contributed by atoms with Crippen molar-refractivity contribution in [3.8, 4) is 0 Å². The van der Waals surface area contributed by atoms with E-state index in [9.17, 15) is 0 Å². The monoisotopic (exact) mass is 138 g/mol. The van der Waals surface area contributed by atoms with Crippen LogP contribution in [-0.4, -0.2) is 4.86 Å². The predicted octanol–water partition coefficient (Wildman–Crippen LogP) is 2.65. The molecular weight excluding hydrogens is 128 g/mol. The van der Waals surface area contributed by atoms with E-state index in [0.717, 1.165) is 24.1 Å². The first kappa shape index (κ1) is 6.69. The van der Waals surface area contributed by atoms with Crippen molar-refractivity contribution in [2.75, 3.05) is 0 Å². The molecule has 0 saturated heterocycles. The summed E-state index contributed by atoms with van der Waals surface area (Å²) in [5.41, 5.74) is 0. The molecule has 0 fully saturated rings. The summed E-state index contributed by atoms with van der Waals surface area (Å²) in [5, 5.41) is 0. The third-order valence-corrected chi connectivity index (χ3v) is 1.63. The second kappa shape index (κ2) is 3.57. The average Bonchev–Trinajstić information content (AvgIpc) is 1.79. The molecule has 0 radical (unpaired) electrons. The van der Waals surface area contributed by atoms with Crippen LogP contribution in [0.5, 0.6) is 0 Å². The zero-order chi connectivity index (χ0) is 6.53. The van der Waals surface area contributed by atoms with Crippen LogP contribution in [0.2, 0.25) is 0 Å². The van der Waals surface area contributed by atoms with Crippen molar-refractivity contribution in [1.29, 1.82) is 0 Å². The van der Waals surface area contributed by atoms with Gasteiger partial charge in [-0.1, -0.05) is 36.5 Å². The van der Waals surface area contributed by atoms with Gasteiger partial charge < -0.3 is 0 Å². The Morgan fingerprint density at radius 3 is 2.11 bits per heavy atom. The highest BCUT2D eigenvalue weighted by atomic mass is 32.1. The van der Waals surface area contributed by atoms with E-state index in [1.807, 2.05) is 0 Å². The molecule has 0 aromatic carbocycles. The molecular formula is C8H10S. The van der Waals surface area contributed by atoms with Crippen molar-refractivity contribution < 1.29 is 0 Å². The van der Waals surface area contributed by atoms with Gasteiger partial charge in [-0.3, -0.25) is 0 Å². The van der Waals surface area contributed by atoms with E-state index < -0.39 is 0 Å². The van der Waals surface area contributed by atoms with Gasteiger partial charge in [0.25, 0.3) is 0 Å². The minimum absolute atomic E-state index is 0.986. The molecule has 1 aliphatic rings. The van der Waals surface area contributed by atoms with E-state index in [2.05, 4.69) is 24.3 Å². The van der Waals surface area contributed by atoms with Crippen LogP contribution in [0.3, 0.4) is 0 Å². The molecule has 0 nitrogen and oxygen atoms in total. The van der Waals surface area contributed by atoms with Crippen LogP contribution in [0.4, 0.5) is 0 Å². The topological polar surface area (TPSA) is 0 Å². The summed E-state index contributed by atoms with van der Waals surface area (Å²) in [4.78, 5) is 1.14. The molecule has 0 saturated carbocycles. The van der Waals surface area contributed by atoms with Crippen molar-refractivity contribution in [2.45, 2.75) is 19.3 Å². The maximum absolute atomic E-state index is 5.05. The largest absolute Gasteiger partial charge is 0.0890 e. The van der Waals surface area contributed by atoms with E-state index >= 15 is 0 Å². The molecule has 0 aliphatic heterocycles. The molecule has 0 atom stereocenters. The summed E-state index contributed by atoms with van der Waals surface area (Å²) in [5.74, 6) is 0. The fourth-order valence-electron chi connectivity index (χ4n) is 0.784. The van der Waals surface area contributed by atoms with Crippen LogP contribution in [-0.2, 0) is 0 Å². The highest BCUT2D eigenvalue weighted by Crippen LogP contribution is 2.01. The van der Waals surface area contributed by atoms with Gasteiger partial charge in [0.2, 0.25) is 0 Å². The Morgan fingerprint density at radius 1 is 1.00 bits per heavy atom. The lowest BCUT2D eigenvalue weighted by molar-refractivity contribution is 1.27. The van der Waals surface area contributed by atoms with E-state index in [1.54, 1.807) is 0 Å². The van der Waals surface area contributed by atoms with Crippen molar-refractivity contribution in [3.63, 3.8) is 0 Å². The molecule has 0 aromatic heterocycles. The molecule has 0 spiro atoms. The summed E-state index contributed by atoms with van der Waals surface area (Å²) in [7, 11) is 0. The number of thiocarbonyl (C=S) groups is 1. The van der Waals surface area contributed by atoms with E-state index in [-0.39, 0.29) is 0 Å². The van der Waals surface area contributed by atoms with Crippen molar-refractivity contribution in [3.05, 3.63) is 24.3 Å². The summed E-state index contributed by atoms with van der Waals surface area (Å²) in [6, 6.07) is 0. The summed E-state index contributed by atoms with van der Waals surface area (Å²) < 4.78 is 0. The Hall–Kier alpha value is -0.430. The first-order valence-corrected chi connectivity index (χ1v) is 3.62. The third-order valence-electron chi connectivity index (χ3n) is 1.30. The van der Waals surface area contributed by atoms with Gasteiger partial charge in [-0.25, -0.2) is 0 Å². The zero-order valence-corrected chi connectivity index (χ0v) is 6.16. The second-order valence-electron chi connectivity index (χ2n) is 2.13. The molecule has 0 N–H and O–H groups in total. The third kappa shape index (κ3) is 2.56. The van der Waals surface area contributed by atoms with Crippen LogP contribution >= 0.6 is 12.2 Å². The van der Waals surface area contributed by atoms with Crippen molar-refractivity contribution in [2.24, 2.45) is 0 Å². The molecule has 1 heteroatoms. The lowest BCUT2D eigenvalue weighted by atomic mass is 10.1. The minimum atomic E-state index is 0.986. The van der Waals surface area contributed by atoms with Crippen LogP contribution in [0.1, 0.15) is 19.3 Å². The summed E-state index contributed by atoms with van der Waals surface area (Å²) >= 11 is 5.05. The normalized spacial score (nSPS) is 26.4. The predicted molar refractivity (Wildman–Crippen MR) is 44.7 cm³/mol. The minimum Gasteiger partial charge on any atom is -0.0890 e. The summed E-state index contributed by atoms with van der Waals surface area (Å²) in [6.45, 7) is 0. The lowest BCUT2D eigenvalue weighted by Gasteiger charge is -1.96. The smallest absolute Gasteiger partial charge is 0.000368 e. The standard InChI is InChI=1S/C8H10S/c9-8-6-4-2-1-3-5-7-8/h2-5H,1,6-7H2/b4-2-,5-3-. The molecule has 0 heterocycles. The Kier molecular flexibility index (Phi) is 2.65. The SMILES string of the molecule is S=C1C/C=C\C/C=C\C1. The van der Waals surface area contributed by atoms with E-state index in [1.165, 1.54) is 0 Å². The van der Waals surface area contributed by atoms with Crippen LogP contribution in [0.15, 0.2) is 24.3 Å². The number of hydrogen-bond acceptors (Lipinski definition) is 1. The fraction of sp³-hybridized carbons (Fsp3) is 0.375. The van der Waals surface area contributed by atoms with Gasteiger partial charge in [0.15, 0.2) is 0 Å². The van der Waals surface area contributed by atoms with E-state index in [4.69, 9.17) is 12.2 Å². The maximum atomic E-state index is 5.05. The Morgan fingerprint density at radius 2 is 1.56 bits per heavy atom. The van der Waals surface area contributed by atoms with Crippen molar-refractivity contribution >= 4 is 17.1 Å². The number of allylic oxidation sites excluding steroid dienone is 4. The van der Waals surface area contributed by atoms with Gasteiger partial charge in [-0.2, -0.15) is 0 Å². The first-order chi connectivity index (χ1) is 4.39. The molecule has 0 unspecified atom stereocenters. The van der Waals surface area contributed by atoms with Gasteiger partial charge in [0, 0.05) is 4.86 Å². The van der Waals surface area contributed by atoms with Crippen LogP contribution in [0.25, 0.3) is 0 Å². The molecule has 1 aliphatic carbocycles. The lowest BCUT2D eigenvalue weighted by Crippen LogP contribution is -1.89. The first-order valence-electron chi connectivity index (χ1n) is 3.21. The molecule has 0 aromatic rings. The van der Waals surface area contributed by atoms with E-state index in [0.29, 0.717) is 0 Å². The Labute approximate surface area is 61.3 Å². The van der Waals surface area contributed by atoms with Crippen molar-refractivity contribution in [1.82, 2.24) is 0 Å².